The lowest BCUT2D eigenvalue weighted by atomic mass is 10.0. The van der Waals surface area contributed by atoms with E-state index in [1.54, 1.807) is 21.0 Å². The largest absolute Gasteiger partial charge is 0.365 e. The van der Waals surface area contributed by atoms with Crippen molar-refractivity contribution in [1.82, 2.24) is 22.8 Å². The maximum absolute atomic E-state index is 13.4. The summed E-state index contributed by atoms with van der Waals surface area (Å²) in [5.41, 5.74) is 1.45. The zero-order valence-corrected chi connectivity index (χ0v) is 19.7. The Morgan fingerprint density at radius 1 is 0.824 bits per heavy atom. The average Bonchev–Trinajstić information content (AvgIpc) is 3.20. The second-order valence-electron chi connectivity index (χ2n) is 8.64. The summed E-state index contributed by atoms with van der Waals surface area (Å²) in [6.07, 6.45) is -0.864. The molecule has 0 fully saturated rings. The van der Waals surface area contributed by atoms with Crippen LogP contribution >= 0.6 is 0 Å². The third kappa shape index (κ3) is 2.78. The molecule has 1 atom stereocenters. The molecule has 34 heavy (non-hydrogen) atoms. The predicted octanol–water partition coefficient (Wildman–Crippen LogP) is 0.531. The molecule has 0 unspecified atom stereocenters. The van der Waals surface area contributed by atoms with Gasteiger partial charge in [-0.05, 0) is 12.5 Å². The van der Waals surface area contributed by atoms with Crippen molar-refractivity contribution in [1.29, 1.82) is 0 Å². The quantitative estimate of drug-likeness (QED) is 0.432. The van der Waals surface area contributed by atoms with Gasteiger partial charge in [0.1, 0.15) is 6.10 Å². The Balaban J connectivity index is 2.00. The van der Waals surface area contributed by atoms with Gasteiger partial charge >= 0.3 is 11.4 Å². The van der Waals surface area contributed by atoms with Gasteiger partial charge in [0.25, 0.3) is 11.1 Å². The molecule has 0 bridgehead atoms. The van der Waals surface area contributed by atoms with Gasteiger partial charge in [-0.25, -0.2) is 9.59 Å². The highest BCUT2D eigenvalue weighted by molar-refractivity contribution is 5.96. The normalized spacial score (nSPS) is 15.6. The molecule has 0 amide bonds. The van der Waals surface area contributed by atoms with Crippen molar-refractivity contribution in [2.75, 3.05) is 6.61 Å². The molecule has 0 saturated heterocycles. The molecule has 176 valence electrons. The minimum atomic E-state index is -0.864. The van der Waals surface area contributed by atoms with E-state index in [4.69, 9.17) is 4.74 Å². The van der Waals surface area contributed by atoms with E-state index in [-0.39, 0.29) is 6.61 Å². The molecular formula is C24H25N5O5. The molecule has 4 heterocycles. The van der Waals surface area contributed by atoms with Gasteiger partial charge in [0, 0.05) is 40.4 Å². The Bertz CT molecular complexity index is 1720. The Labute approximate surface area is 193 Å². The summed E-state index contributed by atoms with van der Waals surface area (Å²) in [6, 6.07) is 9.48. The average molecular weight is 463 g/mol. The van der Waals surface area contributed by atoms with Crippen molar-refractivity contribution in [3.8, 4) is 11.3 Å². The molecule has 0 aliphatic carbocycles. The van der Waals surface area contributed by atoms with Gasteiger partial charge in [-0.2, -0.15) is 0 Å². The molecule has 3 aromatic heterocycles. The summed E-state index contributed by atoms with van der Waals surface area (Å²) in [5.74, 6) is 0. The summed E-state index contributed by atoms with van der Waals surface area (Å²) >= 11 is 0. The monoisotopic (exact) mass is 463 g/mol. The van der Waals surface area contributed by atoms with Crippen molar-refractivity contribution < 1.29 is 4.74 Å². The lowest BCUT2D eigenvalue weighted by molar-refractivity contribution is 0.0458. The molecular weight excluding hydrogens is 438 g/mol. The Hall–Kier alpha value is -3.92. The van der Waals surface area contributed by atoms with E-state index in [9.17, 15) is 19.2 Å². The van der Waals surface area contributed by atoms with Crippen LogP contribution in [0.5, 0.6) is 0 Å². The number of nitrogens with zero attached hydrogens (tertiary/aromatic N) is 5. The summed E-state index contributed by atoms with van der Waals surface area (Å²) in [5, 5.41) is 0.389. The van der Waals surface area contributed by atoms with Crippen LogP contribution in [0.1, 0.15) is 23.1 Å². The summed E-state index contributed by atoms with van der Waals surface area (Å²) in [4.78, 5) is 52.1. The number of rotatable bonds is 2. The molecule has 0 spiro atoms. The maximum atomic E-state index is 13.4. The molecule has 4 aromatic rings. The van der Waals surface area contributed by atoms with Crippen molar-refractivity contribution >= 4 is 10.9 Å². The zero-order valence-electron chi connectivity index (χ0n) is 19.7. The number of aromatic nitrogens is 5. The molecule has 1 aromatic carbocycles. The van der Waals surface area contributed by atoms with Gasteiger partial charge in [-0.3, -0.25) is 23.3 Å². The topological polar surface area (TPSA) is 102 Å². The lowest BCUT2D eigenvalue weighted by Gasteiger charge is -2.28. The van der Waals surface area contributed by atoms with Crippen LogP contribution in [0.4, 0.5) is 0 Å². The number of benzene rings is 1. The highest BCUT2D eigenvalue weighted by Crippen LogP contribution is 2.40. The Kier molecular flexibility index (Phi) is 4.87. The number of fused-ring (bicyclic) bond motifs is 3. The van der Waals surface area contributed by atoms with Crippen LogP contribution in [-0.4, -0.2) is 29.4 Å². The van der Waals surface area contributed by atoms with Crippen LogP contribution < -0.4 is 22.5 Å². The van der Waals surface area contributed by atoms with Crippen LogP contribution in [0.15, 0.2) is 49.5 Å². The van der Waals surface area contributed by atoms with E-state index in [0.717, 1.165) is 14.7 Å². The third-order valence-corrected chi connectivity index (χ3v) is 6.86. The van der Waals surface area contributed by atoms with Gasteiger partial charge in [0.2, 0.25) is 0 Å². The fourth-order valence-corrected chi connectivity index (χ4v) is 4.97. The van der Waals surface area contributed by atoms with Crippen LogP contribution in [-0.2, 0) is 39.5 Å². The van der Waals surface area contributed by atoms with Crippen LogP contribution in [0.25, 0.3) is 22.2 Å². The molecule has 1 aliphatic heterocycles. The van der Waals surface area contributed by atoms with Gasteiger partial charge < -0.3 is 13.9 Å². The molecule has 5 rings (SSSR count). The standard InChI is InChI=1S/C24H25N5O5/c1-13-15(21(30)27(4)23(32)25(13)2)20-19-18-16(22(31)28(5)24(33)26(18)3)17(29(19)11-12-34-20)14-9-7-6-8-10-14/h6-10,20H,11-12H2,1-5H3/t20-/m0/s1. The highest BCUT2D eigenvalue weighted by Gasteiger charge is 2.35. The second-order valence-corrected chi connectivity index (χ2v) is 8.64. The zero-order chi connectivity index (χ0) is 24.5. The first-order valence-electron chi connectivity index (χ1n) is 10.9. The lowest BCUT2D eigenvalue weighted by Crippen LogP contribution is -2.42. The summed E-state index contributed by atoms with van der Waals surface area (Å²) in [6.45, 7) is 2.42. The van der Waals surface area contributed by atoms with Crippen LogP contribution in [0.2, 0.25) is 0 Å². The SMILES string of the molecule is Cc1c([C@@H]2OCCn3c(-c4ccccc4)c4c(=O)n(C)c(=O)n(C)c4c32)c(=O)n(C)c(=O)n1C. The maximum Gasteiger partial charge on any atom is 0.331 e. The molecule has 0 saturated carbocycles. The Morgan fingerprint density at radius 3 is 2.12 bits per heavy atom. The minimum absolute atomic E-state index is 0.290. The Morgan fingerprint density at radius 2 is 1.44 bits per heavy atom. The van der Waals surface area contributed by atoms with Gasteiger partial charge in [-0.15, -0.1) is 0 Å². The molecule has 0 radical (unpaired) electrons. The minimum Gasteiger partial charge on any atom is -0.365 e. The smallest absolute Gasteiger partial charge is 0.331 e. The first kappa shape index (κ1) is 21.9. The van der Waals surface area contributed by atoms with Crippen LogP contribution in [0, 0.1) is 6.92 Å². The van der Waals surface area contributed by atoms with Crippen molar-refractivity contribution in [3.05, 3.63) is 89.0 Å². The van der Waals surface area contributed by atoms with E-state index in [1.165, 1.54) is 23.2 Å². The first-order chi connectivity index (χ1) is 16.2. The first-order valence-corrected chi connectivity index (χ1v) is 10.9. The number of hydrogen-bond donors (Lipinski definition) is 0. The number of aryl methyl sites for hydroxylation is 1. The molecule has 10 nitrogen and oxygen atoms in total. The number of hydrogen-bond acceptors (Lipinski definition) is 5. The van der Waals surface area contributed by atoms with Gasteiger partial charge in [-0.1, -0.05) is 30.3 Å². The fourth-order valence-electron chi connectivity index (χ4n) is 4.97. The van der Waals surface area contributed by atoms with E-state index in [2.05, 4.69) is 0 Å². The van der Waals surface area contributed by atoms with Gasteiger partial charge in [0.05, 0.1) is 34.5 Å². The van der Waals surface area contributed by atoms with Crippen molar-refractivity contribution in [2.24, 2.45) is 28.2 Å². The fraction of sp³-hybridized carbons (Fsp3) is 0.333. The molecule has 1 aliphatic rings. The second kappa shape index (κ2) is 7.56. The predicted molar refractivity (Wildman–Crippen MR) is 127 cm³/mol. The van der Waals surface area contributed by atoms with E-state index in [1.807, 2.05) is 34.9 Å². The van der Waals surface area contributed by atoms with Gasteiger partial charge in [0.15, 0.2) is 0 Å². The van der Waals surface area contributed by atoms with Crippen molar-refractivity contribution in [3.63, 3.8) is 0 Å². The highest BCUT2D eigenvalue weighted by atomic mass is 16.5. The van der Waals surface area contributed by atoms with E-state index < -0.39 is 28.6 Å². The third-order valence-electron chi connectivity index (χ3n) is 6.86. The van der Waals surface area contributed by atoms with Crippen molar-refractivity contribution in [2.45, 2.75) is 19.6 Å². The summed E-state index contributed by atoms with van der Waals surface area (Å²) in [7, 11) is 6.09. The van der Waals surface area contributed by atoms with E-state index in [0.29, 0.717) is 40.1 Å². The summed E-state index contributed by atoms with van der Waals surface area (Å²) < 4.78 is 13.1. The molecule has 0 N–H and O–H groups in total. The van der Waals surface area contributed by atoms with Crippen LogP contribution in [0.3, 0.4) is 0 Å². The van der Waals surface area contributed by atoms with E-state index >= 15 is 0 Å². The number of ether oxygens (including phenoxy) is 1. The molecule has 10 heteroatoms.